The fraction of sp³-hybridized carbons (Fsp3) is 0.333. The SMILES string of the molecule is COC(CN)CC(=O)Nc1nc(-c2ccc(NS(C)(=O)=O)cc2)cs1. The minimum absolute atomic E-state index is 0.160. The van der Waals surface area contributed by atoms with Gasteiger partial charge in [-0.1, -0.05) is 12.1 Å². The zero-order valence-electron chi connectivity index (χ0n) is 13.9. The van der Waals surface area contributed by atoms with Crippen LogP contribution in [-0.2, 0) is 19.6 Å². The maximum absolute atomic E-state index is 11.9. The van der Waals surface area contributed by atoms with Gasteiger partial charge in [0.05, 0.1) is 24.5 Å². The van der Waals surface area contributed by atoms with Crippen LogP contribution in [0.1, 0.15) is 6.42 Å². The Kier molecular flexibility index (Phi) is 6.48. The summed E-state index contributed by atoms with van der Waals surface area (Å²) in [6.07, 6.45) is 0.928. The van der Waals surface area contributed by atoms with Crippen LogP contribution in [0.2, 0.25) is 0 Å². The van der Waals surface area contributed by atoms with E-state index in [4.69, 9.17) is 10.5 Å². The molecule has 8 nitrogen and oxygen atoms in total. The first-order valence-electron chi connectivity index (χ1n) is 7.37. The number of thiazole rings is 1. The molecule has 0 saturated heterocycles. The fourth-order valence-corrected chi connectivity index (χ4v) is 3.33. The number of amides is 1. The summed E-state index contributed by atoms with van der Waals surface area (Å²) in [4.78, 5) is 16.3. The van der Waals surface area contributed by atoms with Crippen molar-refractivity contribution in [3.8, 4) is 11.3 Å². The van der Waals surface area contributed by atoms with Gasteiger partial charge in [-0.25, -0.2) is 13.4 Å². The third-order valence-corrected chi connectivity index (χ3v) is 4.61. The lowest BCUT2D eigenvalue weighted by Crippen LogP contribution is -2.28. The molecule has 0 aliphatic heterocycles. The molecule has 136 valence electrons. The third kappa shape index (κ3) is 6.09. The molecule has 0 saturated carbocycles. The molecule has 0 fully saturated rings. The van der Waals surface area contributed by atoms with Crippen LogP contribution < -0.4 is 15.8 Å². The van der Waals surface area contributed by atoms with E-state index in [9.17, 15) is 13.2 Å². The Balaban J connectivity index is 2.02. The molecule has 2 aromatic rings. The van der Waals surface area contributed by atoms with Gasteiger partial charge < -0.3 is 15.8 Å². The van der Waals surface area contributed by atoms with Crippen molar-refractivity contribution in [2.24, 2.45) is 5.73 Å². The average Bonchev–Trinajstić information content (AvgIpc) is 3.00. The summed E-state index contributed by atoms with van der Waals surface area (Å²) in [7, 11) is -1.80. The van der Waals surface area contributed by atoms with E-state index in [2.05, 4.69) is 15.0 Å². The monoisotopic (exact) mass is 384 g/mol. The van der Waals surface area contributed by atoms with Gasteiger partial charge in [0, 0.05) is 30.3 Å². The number of nitrogens with zero attached hydrogens (tertiary/aromatic N) is 1. The lowest BCUT2D eigenvalue weighted by atomic mass is 10.1. The molecule has 1 unspecified atom stereocenters. The number of nitrogens with two attached hydrogens (primary N) is 1. The molecule has 1 atom stereocenters. The summed E-state index contributed by atoms with van der Waals surface area (Å²) in [6, 6.07) is 6.81. The second kappa shape index (κ2) is 8.39. The number of anilines is 2. The lowest BCUT2D eigenvalue weighted by Gasteiger charge is -2.11. The van der Waals surface area contributed by atoms with Crippen LogP contribution in [0, 0.1) is 0 Å². The molecule has 0 aliphatic carbocycles. The van der Waals surface area contributed by atoms with Crippen LogP contribution in [0.4, 0.5) is 10.8 Å². The first-order valence-corrected chi connectivity index (χ1v) is 10.1. The number of methoxy groups -OCH3 is 1. The van der Waals surface area contributed by atoms with Crippen molar-refractivity contribution in [1.82, 2.24) is 4.98 Å². The minimum atomic E-state index is -3.31. The highest BCUT2D eigenvalue weighted by atomic mass is 32.2. The van der Waals surface area contributed by atoms with E-state index in [-0.39, 0.29) is 25.0 Å². The summed E-state index contributed by atoms with van der Waals surface area (Å²) in [5.74, 6) is -0.217. The van der Waals surface area contributed by atoms with Gasteiger partial charge in [-0.3, -0.25) is 9.52 Å². The number of rotatable bonds is 8. The van der Waals surface area contributed by atoms with Gasteiger partial charge in [-0.15, -0.1) is 11.3 Å². The van der Waals surface area contributed by atoms with Crippen molar-refractivity contribution < 1.29 is 17.9 Å². The minimum Gasteiger partial charge on any atom is -0.380 e. The highest BCUT2D eigenvalue weighted by Crippen LogP contribution is 2.26. The summed E-state index contributed by atoms with van der Waals surface area (Å²) < 4.78 is 29.9. The summed E-state index contributed by atoms with van der Waals surface area (Å²) in [5.41, 5.74) is 7.47. The molecule has 4 N–H and O–H groups in total. The molecule has 0 spiro atoms. The topological polar surface area (TPSA) is 123 Å². The number of carbonyl (C=O) groups excluding carboxylic acids is 1. The normalized spacial score (nSPS) is 12.6. The van der Waals surface area contributed by atoms with Gasteiger partial charge >= 0.3 is 0 Å². The van der Waals surface area contributed by atoms with E-state index in [1.807, 2.05) is 5.38 Å². The molecule has 1 aromatic carbocycles. The van der Waals surface area contributed by atoms with Crippen molar-refractivity contribution in [2.75, 3.05) is 29.9 Å². The van der Waals surface area contributed by atoms with E-state index < -0.39 is 10.0 Å². The average molecular weight is 384 g/mol. The molecule has 1 heterocycles. The van der Waals surface area contributed by atoms with Crippen LogP contribution in [0.5, 0.6) is 0 Å². The van der Waals surface area contributed by atoms with Crippen LogP contribution in [0.25, 0.3) is 11.3 Å². The quantitative estimate of drug-likeness (QED) is 0.633. The molecule has 0 radical (unpaired) electrons. The molecular formula is C15H20N4O4S2. The van der Waals surface area contributed by atoms with Gasteiger partial charge in [0.15, 0.2) is 5.13 Å². The van der Waals surface area contributed by atoms with Crippen molar-refractivity contribution in [1.29, 1.82) is 0 Å². The first-order chi connectivity index (χ1) is 11.8. The highest BCUT2D eigenvalue weighted by molar-refractivity contribution is 7.92. The Morgan fingerprint density at radius 2 is 2.04 bits per heavy atom. The molecule has 1 amide bonds. The standard InChI is InChI=1S/C15H20N4O4S2/c1-23-12(8-16)7-14(20)18-15-17-13(9-24-15)10-3-5-11(6-4-10)19-25(2,21)22/h3-6,9,12,19H,7-8,16H2,1-2H3,(H,17,18,20). The molecule has 1 aromatic heterocycles. The molecule has 2 rings (SSSR count). The number of ether oxygens (including phenoxy) is 1. The third-order valence-electron chi connectivity index (χ3n) is 3.24. The molecule has 10 heteroatoms. The number of aromatic nitrogens is 1. The Morgan fingerprint density at radius 3 is 2.60 bits per heavy atom. The van der Waals surface area contributed by atoms with Crippen LogP contribution in [-0.4, -0.2) is 45.3 Å². The van der Waals surface area contributed by atoms with E-state index >= 15 is 0 Å². The van der Waals surface area contributed by atoms with E-state index in [0.29, 0.717) is 16.5 Å². The van der Waals surface area contributed by atoms with Crippen LogP contribution >= 0.6 is 11.3 Å². The summed E-state index contributed by atoms with van der Waals surface area (Å²) in [6.45, 7) is 0.265. The van der Waals surface area contributed by atoms with E-state index in [1.165, 1.54) is 18.4 Å². The second-order valence-corrected chi connectivity index (χ2v) is 7.94. The maximum Gasteiger partial charge on any atom is 0.229 e. The molecule has 25 heavy (non-hydrogen) atoms. The summed E-state index contributed by atoms with van der Waals surface area (Å²) >= 11 is 1.30. The first kappa shape index (κ1) is 19.3. The Labute approximate surface area is 150 Å². The van der Waals surface area contributed by atoms with Gasteiger partial charge in [0.25, 0.3) is 0 Å². The number of nitrogens with one attached hydrogen (secondary N) is 2. The number of carbonyl (C=O) groups is 1. The Hall–Kier alpha value is -2.01. The van der Waals surface area contributed by atoms with Crippen LogP contribution in [0.15, 0.2) is 29.6 Å². The van der Waals surface area contributed by atoms with Crippen molar-refractivity contribution in [3.05, 3.63) is 29.6 Å². The van der Waals surface area contributed by atoms with E-state index in [0.717, 1.165) is 11.8 Å². The highest BCUT2D eigenvalue weighted by Gasteiger charge is 2.13. The predicted octanol–water partition coefficient (Wildman–Crippen LogP) is 1.48. The number of hydrogen-bond donors (Lipinski definition) is 3. The van der Waals surface area contributed by atoms with Crippen molar-refractivity contribution >= 4 is 38.1 Å². The van der Waals surface area contributed by atoms with Gasteiger partial charge in [-0.05, 0) is 12.1 Å². The lowest BCUT2D eigenvalue weighted by molar-refractivity contribution is -0.118. The number of benzene rings is 1. The number of sulfonamides is 1. The van der Waals surface area contributed by atoms with Crippen molar-refractivity contribution in [2.45, 2.75) is 12.5 Å². The van der Waals surface area contributed by atoms with Crippen LogP contribution in [0.3, 0.4) is 0 Å². The molecule has 0 aliphatic rings. The van der Waals surface area contributed by atoms with Gasteiger partial charge in [-0.2, -0.15) is 0 Å². The largest absolute Gasteiger partial charge is 0.380 e. The summed E-state index contributed by atoms with van der Waals surface area (Å²) in [5, 5.41) is 5.00. The maximum atomic E-state index is 11.9. The molecule has 0 bridgehead atoms. The molecular weight excluding hydrogens is 364 g/mol. The zero-order chi connectivity index (χ0) is 18.4. The Morgan fingerprint density at radius 1 is 1.36 bits per heavy atom. The second-order valence-electron chi connectivity index (χ2n) is 5.34. The predicted molar refractivity (Wildman–Crippen MR) is 99.1 cm³/mol. The van der Waals surface area contributed by atoms with Gasteiger partial charge in [0.1, 0.15) is 0 Å². The van der Waals surface area contributed by atoms with E-state index in [1.54, 1.807) is 24.3 Å². The zero-order valence-corrected chi connectivity index (χ0v) is 15.5. The fourth-order valence-electron chi connectivity index (χ4n) is 2.03. The Bertz CT molecular complexity index is 814. The van der Waals surface area contributed by atoms with Gasteiger partial charge in [0.2, 0.25) is 15.9 Å². The smallest absolute Gasteiger partial charge is 0.229 e. The van der Waals surface area contributed by atoms with Crippen molar-refractivity contribution in [3.63, 3.8) is 0 Å². The number of hydrogen-bond acceptors (Lipinski definition) is 7.